The van der Waals surface area contributed by atoms with Crippen LogP contribution in [0.5, 0.6) is 0 Å². The second-order valence-electron chi connectivity index (χ2n) is 5.59. The lowest BCUT2D eigenvalue weighted by Gasteiger charge is -2.16. The molecule has 1 aromatic carbocycles. The summed E-state index contributed by atoms with van der Waals surface area (Å²) in [6, 6.07) is 0.491. The first kappa shape index (κ1) is 18.7. The Morgan fingerprint density at radius 1 is 1.24 bits per heavy atom. The van der Waals surface area contributed by atoms with Crippen LogP contribution in [0.2, 0.25) is 0 Å². The molecule has 1 N–H and O–H groups in total. The van der Waals surface area contributed by atoms with E-state index in [1.807, 2.05) is 0 Å². The summed E-state index contributed by atoms with van der Waals surface area (Å²) in [5.74, 6) is -2.27. The van der Waals surface area contributed by atoms with Crippen LogP contribution in [-0.4, -0.2) is 47.8 Å². The number of rotatable bonds is 4. The van der Waals surface area contributed by atoms with E-state index < -0.39 is 41.4 Å². The van der Waals surface area contributed by atoms with Gasteiger partial charge in [-0.2, -0.15) is 13.2 Å². The molecule has 6 nitrogen and oxygen atoms in total. The number of halogens is 4. The minimum atomic E-state index is -4.66. The monoisotopic (exact) mass is 361 g/mol. The normalized spacial score (nSPS) is 18.1. The van der Waals surface area contributed by atoms with Crippen molar-refractivity contribution >= 4 is 17.8 Å². The Morgan fingerprint density at radius 3 is 2.36 bits per heavy atom. The van der Waals surface area contributed by atoms with Gasteiger partial charge in [0.25, 0.3) is 5.91 Å². The highest BCUT2D eigenvalue weighted by atomic mass is 19.4. The zero-order valence-electron chi connectivity index (χ0n) is 13.4. The first-order valence-corrected chi connectivity index (χ1v) is 7.19. The highest BCUT2D eigenvalue weighted by Gasteiger charge is 2.41. The molecule has 1 atom stereocenters. The van der Waals surface area contributed by atoms with Gasteiger partial charge in [0.2, 0.25) is 5.91 Å². The standard InChI is InChI=1S/C15H15F4N3O3/c1-21-11(13(24)22(2)14(21)25)6-12(23)20-7-8-3-4-9(5-10(8)16)15(17,18)19/h3-5,11H,6-7H2,1-2H3,(H,20,23)/t11-/m0/s1. The Labute approximate surface area is 140 Å². The zero-order valence-corrected chi connectivity index (χ0v) is 13.4. The number of nitrogens with zero attached hydrogens (tertiary/aromatic N) is 2. The lowest BCUT2D eigenvalue weighted by atomic mass is 10.1. The van der Waals surface area contributed by atoms with Gasteiger partial charge in [0.05, 0.1) is 12.0 Å². The van der Waals surface area contributed by atoms with Crippen molar-refractivity contribution in [3.63, 3.8) is 0 Å². The van der Waals surface area contributed by atoms with Gasteiger partial charge < -0.3 is 10.2 Å². The topological polar surface area (TPSA) is 69.7 Å². The highest BCUT2D eigenvalue weighted by molar-refractivity contribution is 6.05. The number of carbonyl (C=O) groups is 3. The van der Waals surface area contributed by atoms with Gasteiger partial charge in [-0.3, -0.25) is 14.5 Å². The van der Waals surface area contributed by atoms with Crippen molar-refractivity contribution in [1.82, 2.24) is 15.1 Å². The van der Waals surface area contributed by atoms with Crippen molar-refractivity contribution < 1.29 is 31.9 Å². The number of urea groups is 1. The molecular weight excluding hydrogens is 346 g/mol. The third kappa shape index (κ3) is 3.89. The molecule has 136 valence electrons. The van der Waals surface area contributed by atoms with Gasteiger partial charge in [0.1, 0.15) is 11.9 Å². The van der Waals surface area contributed by atoms with Crippen LogP contribution in [0.15, 0.2) is 18.2 Å². The highest BCUT2D eigenvalue weighted by Crippen LogP contribution is 2.30. The van der Waals surface area contributed by atoms with Gasteiger partial charge in [0.15, 0.2) is 0 Å². The van der Waals surface area contributed by atoms with Crippen molar-refractivity contribution in [2.24, 2.45) is 0 Å². The zero-order chi connectivity index (χ0) is 18.9. The van der Waals surface area contributed by atoms with Gasteiger partial charge in [-0.15, -0.1) is 0 Å². The van der Waals surface area contributed by atoms with Crippen molar-refractivity contribution in [2.45, 2.75) is 25.2 Å². The predicted octanol–water partition coefficient (Wildman–Crippen LogP) is 1.74. The summed E-state index contributed by atoms with van der Waals surface area (Å²) in [7, 11) is 2.66. The largest absolute Gasteiger partial charge is 0.416 e. The third-order valence-electron chi connectivity index (χ3n) is 3.91. The van der Waals surface area contributed by atoms with Gasteiger partial charge in [-0.05, 0) is 12.1 Å². The number of hydrogen-bond acceptors (Lipinski definition) is 3. The fourth-order valence-corrected chi connectivity index (χ4v) is 2.39. The lowest BCUT2D eigenvalue weighted by molar-refractivity contribution is -0.137. The first-order valence-electron chi connectivity index (χ1n) is 7.19. The van der Waals surface area contributed by atoms with E-state index in [4.69, 9.17) is 0 Å². The fourth-order valence-electron chi connectivity index (χ4n) is 2.39. The summed E-state index contributed by atoms with van der Waals surface area (Å²) in [5.41, 5.74) is -1.25. The molecule has 0 aliphatic carbocycles. The number of alkyl halides is 3. The van der Waals surface area contributed by atoms with E-state index in [2.05, 4.69) is 5.32 Å². The maximum Gasteiger partial charge on any atom is 0.416 e. The maximum atomic E-state index is 13.7. The number of imide groups is 1. The minimum absolute atomic E-state index is 0.124. The quantitative estimate of drug-likeness (QED) is 0.656. The summed E-state index contributed by atoms with van der Waals surface area (Å²) in [6.07, 6.45) is -4.98. The number of carbonyl (C=O) groups excluding carboxylic acids is 3. The smallest absolute Gasteiger partial charge is 0.352 e. The van der Waals surface area contributed by atoms with Crippen molar-refractivity contribution in [3.05, 3.63) is 35.1 Å². The van der Waals surface area contributed by atoms with Crippen molar-refractivity contribution in [1.29, 1.82) is 0 Å². The Morgan fingerprint density at radius 2 is 1.88 bits per heavy atom. The molecule has 1 aliphatic heterocycles. The number of amides is 4. The number of nitrogens with one attached hydrogen (secondary N) is 1. The number of benzene rings is 1. The molecule has 0 spiro atoms. The summed E-state index contributed by atoms with van der Waals surface area (Å²) >= 11 is 0. The molecule has 25 heavy (non-hydrogen) atoms. The van der Waals surface area contributed by atoms with E-state index in [-0.39, 0.29) is 18.5 Å². The van der Waals surface area contributed by atoms with Crippen LogP contribution in [0.1, 0.15) is 17.5 Å². The van der Waals surface area contributed by atoms with E-state index in [0.717, 1.165) is 15.9 Å². The molecule has 1 aliphatic rings. The van der Waals surface area contributed by atoms with Crippen LogP contribution in [0.25, 0.3) is 0 Å². The van der Waals surface area contributed by atoms with Crippen LogP contribution in [0, 0.1) is 5.82 Å². The Bertz CT molecular complexity index is 720. The lowest BCUT2D eigenvalue weighted by Crippen LogP contribution is -2.37. The molecule has 4 amide bonds. The molecule has 0 unspecified atom stereocenters. The van der Waals surface area contributed by atoms with Crippen LogP contribution < -0.4 is 5.32 Å². The van der Waals surface area contributed by atoms with Crippen LogP contribution in [-0.2, 0) is 22.3 Å². The molecule has 10 heteroatoms. The molecule has 1 heterocycles. The second kappa shape index (κ2) is 6.69. The fraction of sp³-hybridized carbons (Fsp3) is 0.400. The summed E-state index contributed by atoms with van der Waals surface area (Å²) in [4.78, 5) is 37.3. The van der Waals surface area contributed by atoms with Crippen LogP contribution >= 0.6 is 0 Å². The summed E-state index contributed by atoms with van der Waals surface area (Å²) < 4.78 is 51.1. The SMILES string of the molecule is CN1C(=O)[C@H](CC(=O)NCc2ccc(C(F)(F)F)cc2F)N(C)C1=O. The van der Waals surface area contributed by atoms with E-state index in [1.165, 1.54) is 14.1 Å². The van der Waals surface area contributed by atoms with Crippen molar-refractivity contribution in [3.8, 4) is 0 Å². The predicted molar refractivity (Wildman–Crippen MR) is 77.6 cm³/mol. The maximum absolute atomic E-state index is 13.7. The Hall–Kier alpha value is -2.65. The van der Waals surface area contributed by atoms with Gasteiger partial charge in [0, 0.05) is 26.2 Å². The molecule has 1 fully saturated rings. The van der Waals surface area contributed by atoms with E-state index in [9.17, 15) is 31.9 Å². The first-order chi connectivity index (χ1) is 11.5. The average Bonchev–Trinajstić information content (AvgIpc) is 2.70. The summed E-state index contributed by atoms with van der Waals surface area (Å²) in [5, 5.41) is 2.33. The van der Waals surface area contributed by atoms with Gasteiger partial charge >= 0.3 is 12.2 Å². The number of likely N-dealkylation sites (N-methyl/N-ethyl adjacent to an activating group) is 2. The summed E-state index contributed by atoms with van der Waals surface area (Å²) in [6.45, 7) is -0.336. The van der Waals surface area contributed by atoms with Crippen LogP contribution in [0.3, 0.4) is 0 Å². The Kier molecular flexibility index (Phi) is 5.00. The molecule has 0 saturated carbocycles. The minimum Gasteiger partial charge on any atom is -0.352 e. The second-order valence-corrected chi connectivity index (χ2v) is 5.59. The molecular formula is C15H15F4N3O3. The Balaban J connectivity index is 1.97. The van der Waals surface area contributed by atoms with E-state index >= 15 is 0 Å². The molecule has 0 bridgehead atoms. The van der Waals surface area contributed by atoms with E-state index in [0.29, 0.717) is 12.1 Å². The van der Waals surface area contributed by atoms with Gasteiger partial charge in [-0.1, -0.05) is 6.07 Å². The third-order valence-corrected chi connectivity index (χ3v) is 3.91. The molecule has 1 saturated heterocycles. The van der Waals surface area contributed by atoms with Crippen molar-refractivity contribution in [2.75, 3.05) is 14.1 Å². The van der Waals surface area contributed by atoms with Gasteiger partial charge in [-0.25, -0.2) is 9.18 Å². The molecule has 2 rings (SSSR count). The number of hydrogen-bond donors (Lipinski definition) is 1. The molecule has 0 radical (unpaired) electrons. The molecule has 1 aromatic rings. The average molecular weight is 361 g/mol. The van der Waals surface area contributed by atoms with Crippen LogP contribution in [0.4, 0.5) is 22.4 Å². The molecule has 0 aromatic heterocycles. The van der Waals surface area contributed by atoms with E-state index in [1.54, 1.807) is 0 Å².